The van der Waals surface area contributed by atoms with Gasteiger partial charge in [-0.2, -0.15) is 0 Å². The Kier molecular flexibility index (Phi) is 4.23. The molecule has 0 heterocycles. The van der Waals surface area contributed by atoms with E-state index in [0.29, 0.717) is 6.04 Å². The topological polar surface area (TPSA) is 38.3 Å². The monoisotopic (exact) mass is 199 g/mol. The molecule has 1 amide bonds. The summed E-state index contributed by atoms with van der Waals surface area (Å²) in [6.07, 6.45) is 4.40. The maximum atomic E-state index is 11.0. The van der Waals surface area contributed by atoms with Crippen molar-refractivity contribution in [1.29, 1.82) is 0 Å². The summed E-state index contributed by atoms with van der Waals surface area (Å²) >= 11 is 0. The van der Waals surface area contributed by atoms with Gasteiger partial charge in [-0.1, -0.05) is 20.3 Å². The van der Waals surface area contributed by atoms with E-state index in [0.717, 1.165) is 24.7 Å². The SMILES string of the molecule is CCC(C)[C@H]1CC[C@H](NC(=O)OC)C1. The fourth-order valence-corrected chi connectivity index (χ4v) is 2.22. The van der Waals surface area contributed by atoms with Gasteiger partial charge in [0.25, 0.3) is 0 Å². The number of hydrogen-bond acceptors (Lipinski definition) is 2. The number of methoxy groups -OCH3 is 1. The molecule has 1 saturated carbocycles. The van der Waals surface area contributed by atoms with Crippen LogP contribution in [0, 0.1) is 11.8 Å². The zero-order chi connectivity index (χ0) is 10.6. The second kappa shape index (κ2) is 5.23. The minimum atomic E-state index is -0.292. The summed E-state index contributed by atoms with van der Waals surface area (Å²) in [4.78, 5) is 11.0. The molecule has 0 spiro atoms. The van der Waals surface area contributed by atoms with Crippen LogP contribution in [0.1, 0.15) is 39.5 Å². The lowest BCUT2D eigenvalue weighted by molar-refractivity contribution is 0.166. The molecule has 3 atom stereocenters. The minimum Gasteiger partial charge on any atom is -0.453 e. The normalized spacial score (nSPS) is 28.5. The third-order valence-electron chi connectivity index (χ3n) is 3.43. The maximum absolute atomic E-state index is 11.0. The first-order chi connectivity index (χ1) is 6.67. The molecule has 1 unspecified atom stereocenters. The molecule has 0 saturated heterocycles. The third-order valence-corrected chi connectivity index (χ3v) is 3.43. The summed E-state index contributed by atoms with van der Waals surface area (Å²) in [5.74, 6) is 1.56. The van der Waals surface area contributed by atoms with Gasteiger partial charge in [-0.15, -0.1) is 0 Å². The van der Waals surface area contributed by atoms with Crippen molar-refractivity contribution in [3.8, 4) is 0 Å². The molecule has 1 fully saturated rings. The van der Waals surface area contributed by atoms with Crippen molar-refractivity contribution in [2.45, 2.75) is 45.6 Å². The summed E-state index contributed by atoms with van der Waals surface area (Å²) in [5.41, 5.74) is 0. The zero-order valence-electron chi connectivity index (χ0n) is 9.38. The molecule has 3 heteroatoms. The van der Waals surface area contributed by atoms with Gasteiger partial charge in [0.1, 0.15) is 0 Å². The molecule has 0 radical (unpaired) electrons. The van der Waals surface area contributed by atoms with Crippen molar-refractivity contribution in [3.63, 3.8) is 0 Å². The van der Waals surface area contributed by atoms with Crippen LogP contribution in [0.2, 0.25) is 0 Å². The predicted molar refractivity (Wildman–Crippen MR) is 56.1 cm³/mol. The molecule has 3 nitrogen and oxygen atoms in total. The van der Waals surface area contributed by atoms with E-state index in [1.165, 1.54) is 20.0 Å². The molecule has 1 aliphatic rings. The van der Waals surface area contributed by atoms with Gasteiger partial charge in [0.05, 0.1) is 7.11 Å². The first kappa shape index (κ1) is 11.3. The van der Waals surface area contributed by atoms with Crippen LogP contribution in [-0.4, -0.2) is 19.2 Å². The van der Waals surface area contributed by atoms with E-state index in [9.17, 15) is 4.79 Å². The van der Waals surface area contributed by atoms with Gasteiger partial charge in [-0.05, 0) is 31.1 Å². The number of alkyl carbamates (subject to hydrolysis) is 1. The van der Waals surface area contributed by atoms with Gasteiger partial charge in [-0.25, -0.2) is 4.79 Å². The predicted octanol–water partition coefficient (Wildman–Crippen LogP) is 2.56. The summed E-state index contributed by atoms with van der Waals surface area (Å²) in [5, 5.41) is 2.88. The van der Waals surface area contributed by atoms with Crippen molar-refractivity contribution in [2.24, 2.45) is 11.8 Å². The number of rotatable bonds is 3. The van der Waals surface area contributed by atoms with Crippen LogP contribution in [0.5, 0.6) is 0 Å². The second-order valence-electron chi connectivity index (χ2n) is 4.29. The first-order valence-corrected chi connectivity index (χ1v) is 5.51. The number of carbonyl (C=O) groups excluding carboxylic acids is 1. The molecule has 14 heavy (non-hydrogen) atoms. The smallest absolute Gasteiger partial charge is 0.407 e. The lowest BCUT2D eigenvalue weighted by Gasteiger charge is -2.17. The van der Waals surface area contributed by atoms with Crippen molar-refractivity contribution < 1.29 is 9.53 Å². The molecule has 1 N–H and O–H groups in total. The highest BCUT2D eigenvalue weighted by Crippen LogP contribution is 2.32. The Labute approximate surface area is 86.2 Å². The van der Waals surface area contributed by atoms with Crippen LogP contribution in [0.3, 0.4) is 0 Å². The van der Waals surface area contributed by atoms with Gasteiger partial charge >= 0.3 is 6.09 Å². The van der Waals surface area contributed by atoms with Gasteiger partial charge < -0.3 is 10.1 Å². The van der Waals surface area contributed by atoms with Crippen LogP contribution in [0.25, 0.3) is 0 Å². The van der Waals surface area contributed by atoms with Crippen LogP contribution in [0.15, 0.2) is 0 Å². The summed E-state index contributed by atoms with van der Waals surface area (Å²) in [6, 6.07) is 0.335. The fourth-order valence-electron chi connectivity index (χ4n) is 2.22. The second-order valence-corrected chi connectivity index (χ2v) is 4.29. The average Bonchev–Trinajstić information content (AvgIpc) is 2.65. The van der Waals surface area contributed by atoms with E-state index >= 15 is 0 Å². The lowest BCUT2D eigenvalue weighted by Crippen LogP contribution is -2.32. The van der Waals surface area contributed by atoms with Crippen LogP contribution >= 0.6 is 0 Å². The van der Waals surface area contributed by atoms with Crippen molar-refractivity contribution >= 4 is 6.09 Å². The zero-order valence-corrected chi connectivity index (χ0v) is 9.38. The van der Waals surface area contributed by atoms with Crippen molar-refractivity contribution in [2.75, 3.05) is 7.11 Å². The highest BCUT2D eigenvalue weighted by Gasteiger charge is 2.28. The van der Waals surface area contributed by atoms with E-state index in [-0.39, 0.29) is 6.09 Å². The summed E-state index contributed by atoms with van der Waals surface area (Å²) in [7, 11) is 1.41. The van der Waals surface area contributed by atoms with Gasteiger partial charge in [0, 0.05) is 6.04 Å². The Morgan fingerprint density at radius 3 is 2.86 bits per heavy atom. The Morgan fingerprint density at radius 2 is 2.29 bits per heavy atom. The maximum Gasteiger partial charge on any atom is 0.407 e. The third kappa shape index (κ3) is 2.89. The van der Waals surface area contributed by atoms with Crippen molar-refractivity contribution in [1.82, 2.24) is 5.32 Å². The van der Waals surface area contributed by atoms with E-state index in [1.54, 1.807) is 0 Å². The van der Waals surface area contributed by atoms with Crippen LogP contribution in [-0.2, 0) is 4.74 Å². The quantitative estimate of drug-likeness (QED) is 0.758. The van der Waals surface area contributed by atoms with Crippen molar-refractivity contribution in [3.05, 3.63) is 0 Å². The Bertz CT molecular complexity index is 194. The molecule has 82 valence electrons. The van der Waals surface area contributed by atoms with Crippen LogP contribution < -0.4 is 5.32 Å². The number of ether oxygens (including phenoxy) is 1. The summed E-state index contributed by atoms with van der Waals surface area (Å²) in [6.45, 7) is 4.52. The number of nitrogens with one attached hydrogen (secondary N) is 1. The van der Waals surface area contributed by atoms with E-state index < -0.39 is 0 Å². The van der Waals surface area contributed by atoms with Crippen LogP contribution in [0.4, 0.5) is 4.79 Å². The number of hydrogen-bond donors (Lipinski definition) is 1. The molecule has 0 aliphatic heterocycles. The van der Waals surface area contributed by atoms with E-state index in [4.69, 9.17) is 0 Å². The minimum absolute atomic E-state index is 0.292. The standard InChI is InChI=1S/C11H21NO2/c1-4-8(2)9-5-6-10(7-9)12-11(13)14-3/h8-10H,4-7H2,1-3H3,(H,12,13)/t8?,9-,10-/m0/s1. The molecule has 0 aromatic heterocycles. The first-order valence-electron chi connectivity index (χ1n) is 5.51. The number of carbonyl (C=O) groups is 1. The Balaban J connectivity index is 2.30. The Morgan fingerprint density at radius 1 is 1.57 bits per heavy atom. The molecule has 1 aliphatic carbocycles. The average molecular weight is 199 g/mol. The molecule has 0 bridgehead atoms. The van der Waals surface area contributed by atoms with Gasteiger partial charge in [0.2, 0.25) is 0 Å². The highest BCUT2D eigenvalue weighted by molar-refractivity contribution is 5.67. The summed E-state index contributed by atoms with van der Waals surface area (Å²) < 4.78 is 4.58. The van der Waals surface area contributed by atoms with Gasteiger partial charge in [-0.3, -0.25) is 0 Å². The Hall–Kier alpha value is -0.730. The largest absolute Gasteiger partial charge is 0.453 e. The molecule has 1 rings (SSSR count). The van der Waals surface area contributed by atoms with E-state index in [2.05, 4.69) is 23.9 Å². The lowest BCUT2D eigenvalue weighted by atomic mass is 9.90. The molecular weight excluding hydrogens is 178 g/mol. The molecule has 0 aromatic rings. The number of amides is 1. The molecule has 0 aromatic carbocycles. The van der Waals surface area contributed by atoms with E-state index in [1.807, 2.05) is 0 Å². The molecular formula is C11H21NO2. The fraction of sp³-hybridized carbons (Fsp3) is 0.909. The van der Waals surface area contributed by atoms with Gasteiger partial charge in [0.15, 0.2) is 0 Å². The highest BCUT2D eigenvalue weighted by atomic mass is 16.5.